The molecule has 0 fully saturated rings. The molecule has 0 saturated carbocycles. The Labute approximate surface area is 67.9 Å². The van der Waals surface area contributed by atoms with Crippen molar-refractivity contribution in [2.75, 3.05) is 0 Å². The summed E-state index contributed by atoms with van der Waals surface area (Å²) in [5, 5.41) is 0. The van der Waals surface area contributed by atoms with Crippen molar-refractivity contribution in [2.24, 2.45) is 0 Å². The van der Waals surface area contributed by atoms with Crippen molar-refractivity contribution in [3.05, 3.63) is 60.3 Å². The molecule has 0 amide bonds. The van der Waals surface area contributed by atoms with E-state index in [2.05, 4.69) is 37.8 Å². The summed E-state index contributed by atoms with van der Waals surface area (Å²) in [7, 11) is 0. The van der Waals surface area contributed by atoms with Crippen LogP contribution in [0.5, 0.6) is 0 Å². The number of rotatable bonds is 2. The van der Waals surface area contributed by atoms with Crippen LogP contribution in [0.1, 0.15) is 6.92 Å². The van der Waals surface area contributed by atoms with Crippen LogP contribution < -0.4 is 0 Å². The monoisotopic (exact) mass is 144 g/mol. The van der Waals surface area contributed by atoms with Crippen LogP contribution in [-0.2, 0) is 0 Å². The van der Waals surface area contributed by atoms with Gasteiger partial charge in [0.15, 0.2) is 0 Å². The van der Waals surface area contributed by atoms with Crippen molar-refractivity contribution in [2.45, 2.75) is 6.92 Å². The molecule has 0 heteroatoms. The van der Waals surface area contributed by atoms with Gasteiger partial charge in [-0.2, -0.15) is 0 Å². The molecule has 0 aliphatic heterocycles. The summed E-state index contributed by atoms with van der Waals surface area (Å²) < 4.78 is 0. The minimum Gasteiger partial charge on any atom is -0.0991 e. The summed E-state index contributed by atoms with van der Waals surface area (Å²) in [5.41, 5.74) is 2.56. The molecule has 0 aromatic rings. The number of hydrogen-bond donors (Lipinski definition) is 0. The van der Waals surface area contributed by atoms with Gasteiger partial charge in [0.05, 0.1) is 0 Å². The summed E-state index contributed by atoms with van der Waals surface area (Å²) in [6.45, 7) is 5.68. The van der Waals surface area contributed by atoms with E-state index in [1.807, 2.05) is 12.2 Å². The smallest absolute Gasteiger partial charge is 0.0254 e. The van der Waals surface area contributed by atoms with Crippen molar-refractivity contribution in [1.29, 1.82) is 0 Å². The Kier molecular flexibility index (Phi) is 2.67. The maximum atomic E-state index is 3.59. The predicted molar refractivity (Wildman–Crippen MR) is 50.3 cm³/mol. The molecule has 0 nitrogen and oxygen atoms in total. The van der Waals surface area contributed by atoms with Crippen molar-refractivity contribution in [3.8, 4) is 0 Å². The van der Waals surface area contributed by atoms with Crippen LogP contribution in [0, 0.1) is 0 Å². The zero-order valence-electron chi connectivity index (χ0n) is 6.75. The van der Waals surface area contributed by atoms with Gasteiger partial charge in [-0.05, 0) is 12.5 Å². The van der Waals surface area contributed by atoms with E-state index in [0.29, 0.717) is 0 Å². The maximum absolute atomic E-state index is 3.59. The Morgan fingerprint density at radius 3 is 2.64 bits per heavy atom. The van der Waals surface area contributed by atoms with Crippen LogP contribution in [-0.4, -0.2) is 0 Å². The van der Waals surface area contributed by atoms with Gasteiger partial charge in [-0.15, -0.1) is 0 Å². The molecule has 56 valence electrons. The van der Waals surface area contributed by atoms with Crippen LogP contribution in [0.15, 0.2) is 60.3 Å². The Balaban J connectivity index is 2.64. The van der Waals surface area contributed by atoms with Gasteiger partial charge in [0.25, 0.3) is 0 Å². The molecule has 11 heavy (non-hydrogen) atoms. The fourth-order valence-electron chi connectivity index (χ4n) is 0.936. The van der Waals surface area contributed by atoms with Crippen molar-refractivity contribution in [1.82, 2.24) is 0 Å². The standard InChI is InChI=1S/C11H12/c1-3-4-5-6-11-8-7-10(2)9-11/h3-9H,1H2,2H3/b5-4-,11-6-. The molecule has 1 aliphatic carbocycles. The first kappa shape index (κ1) is 7.80. The van der Waals surface area contributed by atoms with Gasteiger partial charge < -0.3 is 0 Å². The summed E-state index contributed by atoms with van der Waals surface area (Å²) in [6, 6.07) is 0. The molecule has 0 heterocycles. The van der Waals surface area contributed by atoms with E-state index in [1.54, 1.807) is 6.08 Å². The third-order valence-corrected chi connectivity index (χ3v) is 1.47. The maximum Gasteiger partial charge on any atom is -0.0254 e. The van der Waals surface area contributed by atoms with Gasteiger partial charge in [0.2, 0.25) is 0 Å². The van der Waals surface area contributed by atoms with Crippen molar-refractivity contribution < 1.29 is 0 Å². The average molecular weight is 144 g/mol. The SMILES string of the molecule is C=C/C=C\C=C1\C=CC(C)=C1. The van der Waals surface area contributed by atoms with Crippen LogP contribution in [0.25, 0.3) is 0 Å². The van der Waals surface area contributed by atoms with Gasteiger partial charge in [0, 0.05) is 0 Å². The highest BCUT2D eigenvalue weighted by Gasteiger charge is 1.93. The molecule has 0 radical (unpaired) electrons. The summed E-state index contributed by atoms with van der Waals surface area (Å²) in [6.07, 6.45) is 14.1. The summed E-state index contributed by atoms with van der Waals surface area (Å²) in [4.78, 5) is 0. The Morgan fingerprint density at radius 2 is 2.09 bits per heavy atom. The molecule has 1 rings (SSSR count). The molecular weight excluding hydrogens is 132 g/mol. The van der Waals surface area contributed by atoms with E-state index in [1.165, 1.54) is 11.1 Å². The number of hydrogen-bond acceptors (Lipinski definition) is 0. The highest BCUT2D eigenvalue weighted by molar-refractivity contribution is 5.46. The minimum atomic E-state index is 1.25. The molecule has 0 atom stereocenters. The molecule has 0 spiro atoms. The Hall–Kier alpha value is -1.30. The highest BCUT2D eigenvalue weighted by atomic mass is 14.0. The second-order valence-corrected chi connectivity index (χ2v) is 2.51. The predicted octanol–water partition coefficient (Wildman–Crippen LogP) is 3.17. The third kappa shape index (κ3) is 2.42. The third-order valence-electron chi connectivity index (χ3n) is 1.47. The highest BCUT2D eigenvalue weighted by Crippen LogP contribution is 2.13. The van der Waals surface area contributed by atoms with Crippen LogP contribution in [0.2, 0.25) is 0 Å². The van der Waals surface area contributed by atoms with Gasteiger partial charge in [0.1, 0.15) is 0 Å². The van der Waals surface area contributed by atoms with Gasteiger partial charge in [-0.3, -0.25) is 0 Å². The van der Waals surface area contributed by atoms with Gasteiger partial charge in [-0.25, -0.2) is 0 Å². The van der Waals surface area contributed by atoms with Gasteiger partial charge >= 0.3 is 0 Å². The van der Waals surface area contributed by atoms with E-state index in [0.717, 1.165) is 0 Å². The van der Waals surface area contributed by atoms with Crippen LogP contribution in [0.3, 0.4) is 0 Å². The van der Waals surface area contributed by atoms with Crippen LogP contribution >= 0.6 is 0 Å². The fourth-order valence-corrected chi connectivity index (χ4v) is 0.936. The lowest BCUT2D eigenvalue weighted by Crippen LogP contribution is -1.62. The summed E-state index contributed by atoms with van der Waals surface area (Å²) in [5.74, 6) is 0. The Bertz CT molecular complexity index is 260. The zero-order chi connectivity index (χ0) is 8.10. The van der Waals surface area contributed by atoms with E-state index >= 15 is 0 Å². The van der Waals surface area contributed by atoms with Crippen molar-refractivity contribution >= 4 is 0 Å². The van der Waals surface area contributed by atoms with E-state index in [4.69, 9.17) is 0 Å². The first-order valence-electron chi connectivity index (χ1n) is 3.68. The molecule has 1 aliphatic rings. The first-order chi connectivity index (χ1) is 5.33. The first-order valence-corrected chi connectivity index (χ1v) is 3.68. The lowest BCUT2D eigenvalue weighted by atomic mass is 10.2. The van der Waals surface area contributed by atoms with E-state index in [-0.39, 0.29) is 0 Å². The normalized spacial score (nSPS) is 19.7. The Morgan fingerprint density at radius 1 is 1.27 bits per heavy atom. The molecule has 0 unspecified atom stereocenters. The quantitative estimate of drug-likeness (QED) is 0.522. The van der Waals surface area contributed by atoms with E-state index < -0.39 is 0 Å². The van der Waals surface area contributed by atoms with E-state index in [9.17, 15) is 0 Å². The zero-order valence-corrected chi connectivity index (χ0v) is 6.75. The largest absolute Gasteiger partial charge is 0.0991 e. The second kappa shape index (κ2) is 3.77. The van der Waals surface area contributed by atoms with Crippen molar-refractivity contribution in [3.63, 3.8) is 0 Å². The molecular formula is C11H12. The molecule has 0 N–H and O–H groups in total. The topological polar surface area (TPSA) is 0 Å². The van der Waals surface area contributed by atoms with Crippen LogP contribution in [0.4, 0.5) is 0 Å². The number of allylic oxidation sites excluding steroid dienone is 9. The molecule has 0 bridgehead atoms. The fraction of sp³-hybridized carbons (Fsp3) is 0.0909. The molecule has 0 aromatic carbocycles. The van der Waals surface area contributed by atoms with Gasteiger partial charge in [-0.1, -0.05) is 54.7 Å². The average Bonchev–Trinajstić information content (AvgIpc) is 2.37. The summed E-state index contributed by atoms with van der Waals surface area (Å²) >= 11 is 0. The lowest BCUT2D eigenvalue weighted by molar-refractivity contribution is 1.56. The molecule has 0 saturated heterocycles. The second-order valence-electron chi connectivity index (χ2n) is 2.51. The molecule has 0 aromatic heterocycles. The lowest BCUT2D eigenvalue weighted by Gasteiger charge is -1.82. The minimum absolute atomic E-state index is 1.25.